The standard InChI is InChI=1S/C12H16Br2N2O3S/c13-7-5-8(14)12(9(15)6-7)20(18,19)16-10-3-1-2-4-11(10)17/h5-6,10-11,16-17H,1-4,15H2/t10-,11-/m0/s1. The van der Waals surface area contributed by atoms with Gasteiger partial charge in [0.05, 0.1) is 11.8 Å². The molecule has 0 unspecified atom stereocenters. The molecule has 4 N–H and O–H groups in total. The maximum atomic E-state index is 12.5. The van der Waals surface area contributed by atoms with E-state index in [-0.39, 0.29) is 10.6 Å². The maximum absolute atomic E-state index is 12.5. The Labute approximate surface area is 135 Å². The number of halogens is 2. The molecule has 0 amide bonds. The van der Waals surface area contributed by atoms with Crippen LogP contribution in [0.5, 0.6) is 0 Å². The topological polar surface area (TPSA) is 92.4 Å². The average Bonchev–Trinajstić information content (AvgIpc) is 2.30. The van der Waals surface area contributed by atoms with Crippen molar-refractivity contribution in [1.82, 2.24) is 4.72 Å². The molecule has 0 saturated heterocycles. The summed E-state index contributed by atoms with van der Waals surface area (Å²) < 4.78 is 28.5. The monoisotopic (exact) mass is 426 g/mol. The number of nitrogens with two attached hydrogens (primary N) is 1. The van der Waals surface area contributed by atoms with Crippen LogP contribution in [0.25, 0.3) is 0 Å². The number of benzene rings is 1. The van der Waals surface area contributed by atoms with E-state index in [2.05, 4.69) is 36.6 Å². The van der Waals surface area contributed by atoms with E-state index in [1.165, 1.54) is 6.07 Å². The number of sulfonamides is 1. The molecule has 2 atom stereocenters. The molecule has 1 aromatic rings. The van der Waals surface area contributed by atoms with E-state index < -0.39 is 22.2 Å². The fourth-order valence-corrected chi connectivity index (χ4v) is 5.74. The van der Waals surface area contributed by atoms with Crippen molar-refractivity contribution in [2.24, 2.45) is 0 Å². The Kier molecular flexibility index (Phi) is 5.12. The molecule has 1 saturated carbocycles. The zero-order chi connectivity index (χ0) is 14.9. The molecule has 0 radical (unpaired) electrons. The molecule has 20 heavy (non-hydrogen) atoms. The molecule has 0 aliphatic heterocycles. The lowest BCUT2D eigenvalue weighted by Crippen LogP contribution is -2.45. The number of nitrogen functional groups attached to an aromatic ring is 1. The zero-order valence-electron chi connectivity index (χ0n) is 10.6. The Hall–Kier alpha value is -0.150. The van der Waals surface area contributed by atoms with Crippen molar-refractivity contribution >= 4 is 47.6 Å². The highest BCUT2D eigenvalue weighted by molar-refractivity contribution is 9.11. The third-order valence-electron chi connectivity index (χ3n) is 3.34. The van der Waals surface area contributed by atoms with E-state index in [0.29, 0.717) is 21.8 Å². The van der Waals surface area contributed by atoms with Gasteiger partial charge in [-0.1, -0.05) is 28.8 Å². The summed E-state index contributed by atoms with van der Waals surface area (Å²) in [6.45, 7) is 0. The Bertz CT molecular complexity index is 584. The van der Waals surface area contributed by atoms with Gasteiger partial charge in [0.1, 0.15) is 4.90 Å². The second kappa shape index (κ2) is 6.31. The molecule has 112 valence electrons. The van der Waals surface area contributed by atoms with Gasteiger partial charge in [0.25, 0.3) is 0 Å². The Morgan fingerprint density at radius 3 is 2.50 bits per heavy atom. The van der Waals surface area contributed by atoms with E-state index in [1.54, 1.807) is 6.07 Å². The molecular formula is C12H16Br2N2O3S. The van der Waals surface area contributed by atoms with Crippen LogP contribution in [-0.4, -0.2) is 25.7 Å². The van der Waals surface area contributed by atoms with Gasteiger partial charge in [-0.3, -0.25) is 0 Å². The highest BCUT2D eigenvalue weighted by atomic mass is 79.9. The van der Waals surface area contributed by atoms with Crippen LogP contribution in [0.4, 0.5) is 5.69 Å². The highest BCUT2D eigenvalue weighted by Gasteiger charge is 2.30. The van der Waals surface area contributed by atoms with E-state index >= 15 is 0 Å². The van der Waals surface area contributed by atoms with Gasteiger partial charge < -0.3 is 10.8 Å². The Morgan fingerprint density at radius 2 is 1.90 bits per heavy atom. The van der Waals surface area contributed by atoms with Gasteiger partial charge in [0.2, 0.25) is 10.0 Å². The minimum absolute atomic E-state index is 0.0125. The van der Waals surface area contributed by atoms with Crippen molar-refractivity contribution in [3.05, 3.63) is 21.1 Å². The van der Waals surface area contributed by atoms with E-state index in [9.17, 15) is 13.5 Å². The molecule has 0 heterocycles. The van der Waals surface area contributed by atoms with Crippen LogP contribution in [0.15, 0.2) is 26.0 Å². The second-order valence-electron chi connectivity index (χ2n) is 4.89. The largest absolute Gasteiger partial charge is 0.398 e. The number of hydrogen-bond donors (Lipinski definition) is 3. The summed E-state index contributed by atoms with van der Waals surface area (Å²) in [7, 11) is -3.77. The molecule has 1 fully saturated rings. The third-order valence-corrected chi connectivity index (χ3v) is 6.29. The van der Waals surface area contributed by atoms with Crippen molar-refractivity contribution in [3.63, 3.8) is 0 Å². The summed E-state index contributed by atoms with van der Waals surface area (Å²) >= 11 is 6.48. The summed E-state index contributed by atoms with van der Waals surface area (Å²) in [4.78, 5) is 0.0125. The quantitative estimate of drug-likeness (QED) is 0.645. The number of nitrogens with one attached hydrogen (secondary N) is 1. The van der Waals surface area contributed by atoms with Crippen LogP contribution < -0.4 is 10.5 Å². The first kappa shape index (κ1) is 16.2. The lowest BCUT2D eigenvalue weighted by Gasteiger charge is -2.28. The van der Waals surface area contributed by atoms with Crippen LogP contribution in [0, 0.1) is 0 Å². The summed E-state index contributed by atoms with van der Waals surface area (Å²) in [5.74, 6) is 0. The van der Waals surface area contributed by atoms with Crippen LogP contribution >= 0.6 is 31.9 Å². The fraction of sp³-hybridized carbons (Fsp3) is 0.500. The molecule has 0 spiro atoms. The summed E-state index contributed by atoms with van der Waals surface area (Å²) in [5.41, 5.74) is 5.96. The van der Waals surface area contributed by atoms with Gasteiger partial charge in [-0.05, 0) is 40.9 Å². The minimum Gasteiger partial charge on any atom is -0.398 e. The summed E-state index contributed by atoms with van der Waals surface area (Å²) in [6.07, 6.45) is 2.43. The first-order valence-corrected chi connectivity index (χ1v) is 9.33. The van der Waals surface area contributed by atoms with Crippen LogP contribution in [0.1, 0.15) is 25.7 Å². The van der Waals surface area contributed by atoms with E-state index in [1.807, 2.05) is 0 Å². The number of aliphatic hydroxyl groups is 1. The maximum Gasteiger partial charge on any atom is 0.244 e. The normalized spacial score (nSPS) is 23.8. The SMILES string of the molecule is Nc1cc(Br)cc(Br)c1S(=O)(=O)N[C@H]1CCCC[C@@H]1O. The predicted molar refractivity (Wildman–Crippen MR) is 84.8 cm³/mol. The lowest BCUT2D eigenvalue weighted by atomic mass is 9.93. The van der Waals surface area contributed by atoms with Crippen molar-refractivity contribution in [3.8, 4) is 0 Å². The van der Waals surface area contributed by atoms with Gasteiger partial charge in [-0.15, -0.1) is 0 Å². The first-order valence-electron chi connectivity index (χ1n) is 6.26. The molecule has 8 heteroatoms. The van der Waals surface area contributed by atoms with Gasteiger partial charge >= 0.3 is 0 Å². The van der Waals surface area contributed by atoms with Crippen molar-refractivity contribution in [2.45, 2.75) is 42.7 Å². The number of rotatable bonds is 3. The van der Waals surface area contributed by atoms with E-state index in [4.69, 9.17) is 5.73 Å². The highest BCUT2D eigenvalue weighted by Crippen LogP contribution is 2.32. The molecule has 0 aromatic heterocycles. The smallest absolute Gasteiger partial charge is 0.244 e. The van der Waals surface area contributed by atoms with Gasteiger partial charge in [-0.2, -0.15) is 0 Å². The lowest BCUT2D eigenvalue weighted by molar-refractivity contribution is 0.101. The molecule has 5 nitrogen and oxygen atoms in total. The van der Waals surface area contributed by atoms with Crippen LogP contribution in [0.3, 0.4) is 0 Å². The summed E-state index contributed by atoms with van der Waals surface area (Å²) in [5, 5.41) is 9.88. The van der Waals surface area contributed by atoms with Gasteiger partial charge in [0, 0.05) is 15.0 Å². The number of aliphatic hydroxyl groups excluding tert-OH is 1. The van der Waals surface area contributed by atoms with Crippen molar-refractivity contribution < 1.29 is 13.5 Å². The fourth-order valence-electron chi connectivity index (χ4n) is 2.37. The number of hydrogen-bond acceptors (Lipinski definition) is 4. The Morgan fingerprint density at radius 1 is 1.25 bits per heavy atom. The molecule has 2 rings (SSSR count). The second-order valence-corrected chi connectivity index (χ2v) is 8.31. The van der Waals surface area contributed by atoms with E-state index in [0.717, 1.165) is 12.8 Å². The van der Waals surface area contributed by atoms with Crippen molar-refractivity contribution in [2.75, 3.05) is 5.73 Å². The molecule has 1 aliphatic carbocycles. The first-order chi connectivity index (χ1) is 9.31. The van der Waals surface area contributed by atoms with Gasteiger partial charge in [-0.25, -0.2) is 13.1 Å². The van der Waals surface area contributed by atoms with Crippen molar-refractivity contribution in [1.29, 1.82) is 0 Å². The zero-order valence-corrected chi connectivity index (χ0v) is 14.6. The third kappa shape index (κ3) is 3.54. The number of anilines is 1. The van der Waals surface area contributed by atoms with Crippen LogP contribution in [-0.2, 0) is 10.0 Å². The average molecular weight is 428 g/mol. The molecule has 0 bridgehead atoms. The molecule has 1 aliphatic rings. The molecular weight excluding hydrogens is 412 g/mol. The minimum atomic E-state index is -3.77. The predicted octanol–water partition coefficient (Wildman–Crippen LogP) is 2.38. The Balaban J connectivity index is 2.31. The molecule has 1 aromatic carbocycles. The van der Waals surface area contributed by atoms with Crippen LogP contribution in [0.2, 0.25) is 0 Å². The van der Waals surface area contributed by atoms with Gasteiger partial charge in [0.15, 0.2) is 0 Å². The summed E-state index contributed by atoms with van der Waals surface area (Å²) in [6, 6.07) is 2.71.